The summed E-state index contributed by atoms with van der Waals surface area (Å²) in [5.74, 6) is 0.0924. The highest BCUT2D eigenvalue weighted by atomic mass is 19.1. The number of carbonyl (C=O) groups is 2. The lowest BCUT2D eigenvalue weighted by Gasteiger charge is -2.34. The van der Waals surface area contributed by atoms with Gasteiger partial charge < -0.3 is 14.5 Å². The van der Waals surface area contributed by atoms with Crippen molar-refractivity contribution in [1.82, 2.24) is 19.8 Å². The van der Waals surface area contributed by atoms with Crippen molar-refractivity contribution in [3.63, 3.8) is 0 Å². The number of hydrogen-bond acceptors (Lipinski definition) is 5. The zero-order valence-electron chi connectivity index (χ0n) is 17.5. The lowest BCUT2D eigenvalue weighted by Crippen LogP contribution is -2.51. The van der Waals surface area contributed by atoms with Crippen molar-refractivity contribution in [1.29, 1.82) is 0 Å². The van der Waals surface area contributed by atoms with E-state index in [1.54, 1.807) is 64.8 Å². The van der Waals surface area contributed by atoms with Crippen LogP contribution < -0.4 is 4.74 Å². The number of rotatable bonds is 6. The van der Waals surface area contributed by atoms with Gasteiger partial charge in [-0.2, -0.15) is 0 Å². The summed E-state index contributed by atoms with van der Waals surface area (Å²) in [5.41, 5.74) is 1.86. The van der Waals surface area contributed by atoms with Gasteiger partial charge >= 0.3 is 0 Å². The Kier molecular flexibility index (Phi) is 6.69. The molecule has 2 aromatic carbocycles. The van der Waals surface area contributed by atoms with E-state index in [0.29, 0.717) is 48.7 Å². The van der Waals surface area contributed by atoms with Gasteiger partial charge in [-0.1, -0.05) is 18.2 Å². The van der Waals surface area contributed by atoms with Crippen molar-refractivity contribution in [3.8, 4) is 5.75 Å². The van der Waals surface area contributed by atoms with Crippen LogP contribution in [0.15, 0.2) is 67.1 Å². The van der Waals surface area contributed by atoms with Gasteiger partial charge in [-0.15, -0.1) is 0 Å². The van der Waals surface area contributed by atoms with E-state index in [4.69, 9.17) is 4.74 Å². The normalized spacial score (nSPS) is 13.7. The molecule has 0 atom stereocenters. The van der Waals surface area contributed by atoms with Gasteiger partial charge in [0.1, 0.15) is 18.2 Å². The topological polar surface area (TPSA) is 75.6 Å². The van der Waals surface area contributed by atoms with Crippen molar-refractivity contribution >= 4 is 11.8 Å². The zero-order valence-corrected chi connectivity index (χ0v) is 17.5. The first-order chi connectivity index (χ1) is 15.6. The van der Waals surface area contributed by atoms with Gasteiger partial charge in [0.05, 0.1) is 12.1 Å². The van der Waals surface area contributed by atoms with Crippen molar-refractivity contribution in [2.75, 3.05) is 26.2 Å². The van der Waals surface area contributed by atoms with Crippen LogP contribution in [0, 0.1) is 5.82 Å². The quantitative estimate of drug-likeness (QED) is 0.596. The summed E-state index contributed by atoms with van der Waals surface area (Å²) in [6.45, 7) is 2.07. The second-order valence-corrected chi connectivity index (χ2v) is 7.49. The number of ether oxygens (including phenoxy) is 1. The van der Waals surface area contributed by atoms with Crippen LogP contribution >= 0.6 is 0 Å². The monoisotopic (exact) mass is 434 g/mol. The van der Waals surface area contributed by atoms with Gasteiger partial charge in [0.2, 0.25) is 5.91 Å². The Hall–Kier alpha value is -3.81. The number of nitrogens with zero attached hydrogens (tertiary/aromatic N) is 4. The minimum Gasteiger partial charge on any atom is -0.489 e. The number of amides is 2. The molecule has 0 bridgehead atoms. The molecule has 1 fully saturated rings. The first-order valence-corrected chi connectivity index (χ1v) is 10.4. The Morgan fingerprint density at radius 1 is 0.969 bits per heavy atom. The Morgan fingerprint density at radius 3 is 2.50 bits per heavy atom. The molecule has 1 aliphatic rings. The first-order valence-electron chi connectivity index (χ1n) is 10.4. The third kappa shape index (κ3) is 5.46. The number of aromatic nitrogens is 2. The summed E-state index contributed by atoms with van der Waals surface area (Å²) < 4.78 is 19.0. The number of benzene rings is 2. The predicted octanol–water partition coefficient (Wildman–Crippen LogP) is 2.72. The van der Waals surface area contributed by atoms with E-state index in [1.165, 1.54) is 12.1 Å². The van der Waals surface area contributed by atoms with Crippen molar-refractivity contribution in [2.45, 2.75) is 13.0 Å². The summed E-state index contributed by atoms with van der Waals surface area (Å²) in [6.07, 6.45) is 4.92. The average Bonchev–Trinajstić information content (AvgIpc) is 2.83. The summed E-state index contributed by atoms with van der Waals surface area (Å²) in [6, 6.07) is 13.2. The first kappa shape index (κ1) is 21.4. The van der Waals surface area contributed by atoms with E-state index in [9.17, 15) is 14.0 Å². The smallest absolute Gasteiger partial charge is 0.254 e. The molecule has 1 saturated heterocycles. The molecular formula is C24H23FN4O3. The standard InChI is InChI=1S/C24H23FN4O3/c25-20-5-1-3-18(13-20)17-32-22-6-2-4-19(14-22)24(31)29-11-9-28(10-12-29)23(30)15-21-16-26-7-8-27-21/h1-8,13-14,16H,9-12,15,17H2. The van der Waals surface area contributed by atoms with Crippen molar-refractivity contribution in [3.05, 3.63) is 89.8 Å². The molecule has 2 heterocycles. The second kappa shape index (κ2) is 10.00. The van der Waals surface area contributed by atoms with Gasteiger partial charge in [-0.3, -0.25) is 19.6 Å². The molecule has 0 aliphatic carbocycles. The van der Waals surface area contributed by atoms with E-state index in [1.807, 2.05) is 0 Å². The van der Waals surface area contributed by atoms with Gasteiger partial charge in [-0.25, -0.2) is 4.39 Å². The fourth-order valence-corrected chi connectivity index (χ4v) is 3.54. The highest BCUT2D eigenvalue weighted by Crippen LogP contribution is 2.18. The molecule has 0 spiro atoms. The fourth-order valence-electron chi connectivity index (χ4n) is 3.54. The highest BCUT2D eigenvalue weighted by molar-refractivity contribution is 5.94. The third-order valence-electron chi connectivity index (χ3n) is 5.24. The van der Waals surface area contributed by atoms with Crippen LogP contribution in [0.3, 0.4) is 0 Å². The maximum Gasteiger partial charge on any atom is 0.254 e. The lowest BCUT2D eigenvalue weighted by atomic mass is 10.1. The van der Waals surface area contributed by atoms with E-state index in [0.717, 1.165) is 0 Å². The van der Waals surface area contributed by atoms with E-state index in [2.05, 4.69) is 9.97 Å². The van der Waals surface area contributed by atoms with Crippen molar-refractivity contribution in [2.24, 2.45) is 0 Å². The minimum absolute atomic E-state index is 0.0228. The molecular weight excluding hydrogens is 411 g/mol. The number of piperazine rings is 1. The Balaban J connectivity index is 1.31. The molecule has 2 amide bonds. The lowest BCUT2D eigenvalue weighted by molar-refractivity contribution is -0.132. The molecule has 32 heavy (non-hydrogen) atoms. The highest BCUT2D eigenvalue weighted by Gasteiger charge is 2.25. The van der Waals surface area contributed by atoms with Gasteiger partial charge in [0.15, 0.2) is 0 Å². The molecule has 0 radical (unpaired) electrons. The molecule has 0 unspecified atom stereocenters. The molecule has 4 rings (SSSR count). The van der Waals surface area contributed by atoms with Crippen LogP contribution in [0.2, 0.25) is 0 Å². The Labute approximate surface area is 185 Å². The molecule has 7 nitrogen and oxygen atoms in total. The molecule has 0 saturated carbocycles. The van der Waals surface area contributed by atoms with Crippen LogP contribution in [-0.2, 0) is 17.8 Å². The largest absolute Gasteiger partial charge is 0.489 e. The summed E-state index contributed by atoms with van der Waals surface area (Å²) >= 11 is 0. The molecule has 0 N–H and O–H groups in total. The number of hydrogen-bond donors (Lipinski definition) is 0. The fraction of sp³-hybridized carbons (Fsp3) is 0.250. The Morgan fingerprint density at radius 2 is 1.75 bits per heavy atom. The Bertz CT molecular complexity index is 1090. The predicted molar refractivity (Wildman–Crippen MR) is 115 cm³/mol. The summed E-state index contributed by atoms with van der Waals surface area (Å²) in [5, 5.41) is 0. The second-order valence-electron chi connectivity index (χ2n) is 7.49. The van der Waals surface area contributed by atoms with E-state index >= 15 is 0 Å². The zero-order chi connectivity index (χ0) is 22.3. The summed E-state index contributed by atoms with van der Waals surface area (Å²) in [7, 11) is 0. The van der Waals surface area contributed by atoms with Crippen molar-refractivity contribution < 1.29 is 18.7 Å². The van der Waals surface area contributed by atoms with Crippen LogP contribution in [0.5, 0.6) is 5.75 Å². The van der Waals surface area contributed by atoms with Crippen LogP contribution in [0.25, 0.3) is 0 Å². The maximum atomic E-state index is 13.3. The maximum absolute atomic E-state index is 13.3. The molecule has 1 aliphatic heterocycles. The average molecular weight is 434 g/mol. The SMILES string of the molecule is O=C(Cc1cnccn1)N1CCN(C(=O)c2cccc(OCc3cccc(F)c3)c2)CC1. The van der Waals surface area contributed by atoms with Crippen LogP contribution in [0.1, 0.15) is 21.6 Å². The third-order valence-corrected chi connectivity index (χ3v) is 5.24. The van der Waals surface area contributed by atoms with Gasteiger partial charge in [0.25, 0.3) is 5.91 Å². The molecule has 164 valence electrons. The van der Waals surface area contributed by atoms with Gasteiger partial charge in [-0.05, 0) is 35.9 Å². The molecule has 3 aromatic rings. The van der Waals surface area contributed by atoms with E-state index < -0.39 is 0 Å². The number of halogens is 1. The van der Waals surface area contributed by atoms with Crippen LogP contribution in [0.4, 0.5) is 4.39 Å². The summed E-state index contributed by atoms with van der Waals surface area (Å²) in [4.78, 5) is 37.0. The van der Waals surface area contributed by atoms with Gasteiger partial charge in [0, 0.05) is 50.3 Å². The molecule has 8 heteroatoms. The van der Waals surface area contributed by atoms with E-state index in [-0.39, 0.29) is 30.7 Å². The molecule has 1 aromatic heterocycles. The number of carbonyl (C=O) groups excluding carboxylic acids is 2. The van der Waals surface area contributed by atoms with Crippen LogP contribution in [-0.4, -0.2) is 57.8 Å². The minimum atomic E-state index is -0.315.